The number of hydrogen-bond acceptors (Lipinski definition) is 3. The molecule has 0 saturated carbocycles. The van der Waals surface area contributed by atoms with Gasteiger partial charge in [-0.1, -0.05) is 6.07 Å². The topological polar surface area (TPSA) is 55.1 Å². The number of imidazole rings is 1. The van der Waals surface area contributed by atoms with Gasteiger partial charge in [-0.25, -0.2) is 4.98 Å². The van der Waals surface area contributed by atoms with Crippen molar-refractivity contribution in [2.45, 2.75) is 12.8 Å². The van der Waals surface area contributed by atoms with Gasteiger partial charge in [-0.15, -0.1) is 11.3 Å². The molecule has 0 aliphatic rings. The molecule has 0 fully saturated rings. The van der Waals surface area contributed by atoms with E-state index in [0.717, 1.165) is 16.4 Å². The van der Waals surface area contributed by atoms with Crippen molar-refractivity contribution in [1.82, 2.24) is 9.55 Å². The first-order chi connectivity index (χ1) is 7.68. The molecule has 0 aliphatic heterocycles. The molecule has 2 aromatic rings. The first-order valence-corrected chi connectivity index (χ1v) is 5.82. The van der Waals surface area contributed by atoms with Crippen LogP contribution in [0.5, 0.6) is 0 Å². The van der Waals surface area contributed by atoms with Crippen LogP contribution in [0.1, 0.15) is 12.2 Å². The van der Waals surface area contributed by atoms with Gasteiger partial charge in [0.05, 0.1) is 23.2 Å². The minimum atomic E-state index is -0.791. The Morgan fingerprint density at radius 1 is 1.62 bits per heavy atom. The summed E-state index contributed by atoms with van der Waals surface area (Å²) in [5, 5.41) is 10.6. The summed E-state index contributed by atoms with van der Waals surface area (Å²) in [5.41, 5.74) is 1.04. The van der Waals surface area contributed by atoms with Gasteiger partial charge in [0.25, 0.3) is 0 Å². The number of hydrogen-bond donors (Lipinski definition) is 1. The lowest BCUT2D eigenvalue weighted by Gasteiger charge is -2.02. The van der Waals surface area contributed by atoms with Crippen molar-refractivity contribution in [2.75, 3.05) is 0 Å². The van der Waals surface area contributed by atoms with Crippen LogP contribution in [-0.2, 0) is 18.3 Å². The van der Waals surface area contributed by atoms with E-state index in [2.05, 4.69) is 4.98 Å². The maximum atomic E-state index is 10.5. The average molecular weight is 236 g/mol. The van der Waals surface area contributed by atoms with Crippen LogP contribution in [0.3, 0.4) is 0 Å². The maximum absolute atomic E-state index is 10.5. The highest BCUT2D eigenvalue weighted by molar-refractivity contribution is 7.13. The molecule has 0 amide bonds. The Bertz CT molecular complexity index is 488. The third-order valence-electron chi connectivity index (χ3n) is 2.42. The van der Waals surface area contributed by atoms with Crippen LogP contribution in [-0.4, -0.2) is 20.6 Å². The van der Waals surface area contributed by atoms with Crippen molar-refractivity contribution in [3.8, 4) is 10.6 Å². The van der Waals surface area contributed by atoms with Crippen molar-refractivity contribution < 1.29 is 9.90 Å². The number of thiophene rings is 1. The molecule has 0 atom stereocenters. The van der Waals surface area contributed by atoms with Gasteiger partial charge in [-0.05, 0) is 11.4 Å². The molecule has 0 spiro atoms. The zero-order chi connectivity index (χ0) is 11.5. The molecule has 0 saturated heterocycles. The summed E-state index contributed by atoms with van der Waals surface area (Å²) < 4.78 is 1.95. The Morgan fingerprint density at radius 2 is 2.44 bits per heavy atom. The van der Waals surface area contributed by atoms with E-state index < -0.39 is 5.97 Å². The normalized spacial score (nSPS) is 10.6. The van der Waals surface area contributed by atoms with E-state index in [1.165, 1.54) is 0 Å². The monoisotopic (exact) mass is 236 g/mol. The molecule has 0 unspecified atom stereocenters. The molecular formula is C11H12N2O2S. The molecule has 2 heterocycles. The van der Waals surface area contributed by atoms with E-state index in [1.807, 2.05) is 29.1 Å². The minimum Gasteiger partial charge on any atom is -0.481 e. The SMILES string of the molecule is Cn1c(-c2cccs2)cnc1CCC(=O)O. The summed E-state index contributed by atoms with van der Waals surface area (Å²) in [6.45, 7) is 0. The molecule has 0 aliphatic carbocycles. The molecular weight excluding hydrogens is 224 g/mol. The highest BCUT2D eigenvalue weighted by Crippen LogP contribution is 2.24. The number of carboxylic acid groups (broad SMARTS) is 1. The van der Waals surface area contributed by atoms with E-state index in [-0.39, 0.29) is 6.42 Å². The smallest absolute Gasteiger partial charge is 0.303 e. The zero-order valence-corrected chi connectivity index (χ0v) is 9.70. The summed E-state index contributed by atoms with van der Waals surface area (Å²) in [6, 6.07) is 4.02. The van der Waals surface area contributed by atoms with Crippen LogP contribution < -0.4 is 0 Å². The highest BCUT2D eigenvalue weighted by atomic mass is 32.1. The number of aromatic nitrogens is 2. The first-order valence-electron chi connectivity index (χ1n) is 4.94. The molecule has 4 nitrogen and oxygen atoms in total. The quantitative estimate of drug-likeness (QED) is 0.885. The van der Waals surface area contributed by atoms with E-state index in [0.29, 0.717) is 6.42 Å². The molecule has 16 heavy (non-hydrogen) atoms. The van der Waals surface area contributed by atoms with Crippen molar-refractivity contribution in [2.24, 2.45) is 7.05 Å². The molecule has 0 radical (unpaired) electrons. The van der Waals surface area contributed by atoms with E-state index in [1.54, 1.807) is 17.5 Å². The van der Waals surface area contributed by atoms with Crippen molar-refractivity contribution in [1.29, 1.82) is 0 Å². The minimum absolute atomic E-state index is 0.120. The first kappa shape index (κ1) is 10.9. The van der Waals surface area contributed by atoms with Crippen LogP contribution in [0.15, 0.2) is 23.7 Å². The van der Waals surface area contributed by atoms with Gasteiger partial charge >= 0.3 is 5.97 Å². The molecule has 5 heteroatoms. The lowest BCUT2D eigenvalue weighted by atomic mass is 10.3. The van der Waals surface area contributed by atoms with Crippen LogP contribution >= 0.6 is 11.3 Å². The van der Waals surface area contributed by atoms with Crippen molar-refractivity contribution in [3.05, 3.63) is 29.5 Å². The van der Waals surface area contributed by atoms with Crippen molar-refractivity contribution >= 4 is 17.3 Å². The second-order valence-corrected chi connectivity index (χ2v) is 4.44. The molecule has 2 aromatic heterocycles. The summed E-state index contributed by atoms with van der Waals surface area (Å²) in [7, 11) is 1.92. The summed E-state index contributed by atoms with van der Waals surface area (Å²) in [5.74, 6) is 0.0199. The number of rotatable bonds is 4. The van der Waals surface area contributed by atoms with E-state index in [4.69, 9.17) is 5.11 Å². The Hall–Kier alpha value is -1.62. The van der Waals surface area contributed by atoms with Gasteiger partial charge in [0.2, 0.25) is 0 Å². The van der Waals surface area contributed by atoms with Crippen molar-refractivity contribution in [3.63, 3.8) is 0 Å². The van der Waals surface area contributed by atoms with E-state index in [9.17, 15) is 4.79 Å². The van der Waals surface area contributed by atoms with Gasteiger partial charge in [0, 0.05) is 13.5 Å². The fourth-order valence-electron chi connectivity index (χ4n) is 1.55. The predicted octanol–water partition coefficient (Wildman–Crippen LogP) is 2.17. The van der Waals surface area contributed by atoms with Gasteiger partial charge < -0.3 is 9.67 Å². The zero-order valence-electron chi connectivity index (χ0n) is 8.88. The number of carboxylic acids is 1. The van der Waals surface area contributed by atoms with Gasteiger partial charge in [0.15, 0.2) is 0 Å². The number of nitrogens with zero attached hydrogens (tertiary/aromatic N) is 2. The van der Waals surface area contributed by atoms with Crippen LogP contribution in [0.4, 0.5) is 0 Å². The second kappa shape index (κ2) is 4.49. The largest absolute Gasteiger partial charge is 0.481 e. The molecule has 1 N–H and O–H groups in total. The Balaban J connectivity index is 2.21. The third kappa shape index (κ3) is 2.14. The number of aliphatic carboxylic acids is 1. The second-order valence-electron chi connectivity index (χ2n) is 3.49. The van der Waals surface area contributed by atoms with Crippen LogP contribution in [0.2, 0.25) is 0 Å². The van der Waals surface area contributed by atoms with Gasteiger partial charge in [0.1, 0.15) is 5.82 Å². The lowest BCUT2D eigenvalue weighted by molar-refractivity contribution is -0.137. The highest BCUT2D eigenvalue weighted by Gasteiger charge is 2.10. The Kier molecular flexibility index (Phi) is 3.05. The standard InChI is InChI=1S/C11H12N2O2S/c1-13-8(9-3-2-6-16-9)7-12-10(13)4-5-11(14)15/h2-3,6-7H,4-5H2,1H3,(H,14,15). The molecule has 84 valence electrons. The summed E-state index contributed by atoms with van der Waals surface area (Å²) in [4.78, 5) is 15.9. The molecule has 0 aromatic carbocycles. The number of carbonyl (C=O) groups is 1. The van der Waals surface area contributed by atoms with Crippen LogP contribution in [0.25, 0.3) is 10.6 Å². The average Bonchev–Trinajstić information content (AvgIpc) is 2.84. The fourth-order valence-corrected chi connectivity index (χ4v) is 2.32. The Labute approximate surface area is 97.2 Å². The summed E-state index contributed by atoms with van der Waals surface area (Å²) in [6.07, 6.45) is 2.38. The third-order valence-corrected chi connectivity index (χ3v) is 3.31. The van der Waals surface area contributed by atoms with Crippen LogP contribution in [0, 0.1) is 0 Å². The molecule has 2 rings (SSSR count). The van der Waals surface area contributed by atoms with Gasteiger partial charge in [-0.3, -0.25) is 4.79 Å². The lowest BCUT2D eigenvalue weighted by Crippen LogP contribution is -2.03. The van der Waals surface area contributed by atoms with Gasteiger partial charge in [-0.2, -0.15) is 0 Å². The molecule has 0 bridgehead atoms. The number of aryl methyl sites for hydroxylation is 1. The Morgan fingerprint density at radius 3 is 3.06 bits per heavy atom. The maximum Gasteiger partial charge on any atom is 0.303 e. The fraction of sp³-hybridized carbons (Fsp3) is 0.273. The van der Waals surface area contributed by atoms with E-state index >= 15 is 0 Å². The predicted molar refractivity (Wildman–Crippen MR) is 62.5 cm³/mol. The summed E-state index contributed by atoms with van der Waals surface area (Å²) >= 11 is 1.65.